The van der Waals surface area contributed by atoms with E-state index in [9.17, 15) is 17.2 Å². The zero-order valence-electron chi connectivity index (χ0n) is 7.89. The molecule has 2 heterocycles. The highest BCUT2D eigenvalue weighted by atomic mass is 32.2. The Labute approximate surface area is 85.4 Å². The Kier molecular flexibility index (Phi) is 2.09. The van der Waals surface area contributed by atoms with Gasteiger partial charge in [0.05, 0.1) is 19.4 Å². The SMILES string of the molecule is Cn1cnc(S(=O)(=O)N2CC(F)(F)C2)c1. The Morgan fingerprint density at radius 3 is 2.47 bits per heavy atom. The summed E-state index contributed by atoms with van der Waals surface area (Å²) in [4.78, 5) is 3.63. The molecule has 5 nitrogen and oxygen atoms in total. The van der Waals surface area contributed by atoms with Crippen molar-refractivity contribution in [1.29, 1.82) is 0 Å². The van der Waals surface area contributed by atoms with Gasteiger partial charge in [0.2, 0.25) is 0 Å². The molecular weight excluding hydrogens is 228 g/mol. The van der Waals surface area contributed by atoms with Gasteiger partial charge in [-0.25, -0.2) is 22.2 Å². The van der Waals surface area contributed by atoms with Crippen LogP contribution in [0, 0.1) is 0 Å². The van der Waals surface area contributed by atoms with E-state index in [1.54, 1.807) is 7.05 Å². The number of alkyl halides is 2. The molecule has 1 saturated heterocycles. The Morgan fingerprint density at radius 2 is 2.07 bits per heavy atom. The van der Waals surface area contributed by atoms with Gasteiger partial charge in [0.25, 0.3) is 15.9 Å². The molecule has 1 aromatic heterocycles. The molecule has 0 radical (unpaired) electrons. The second kappa shape index (κ2) is 2.99. The van der Waals surface area contributed by atoms with E-state index in [0.29, 0.717) is 0 Å². The Morgan fingerprint density at radius 1 is 1.47 bits per heavy atom. The van der Waals surface area contributed by atoms with Crippen LogP contribution in [-0.2, 0) is 17.1 Å². The molecule has 1 aromatic rings. The molecule has 15 heavy (non-hydrogen) atoms. The number of halogens is 2. The zero-order valence-corrected chi connectivity index (χ0v) is 8.71. The van der Waals surface area contributed by atoms with E-state index < -0.39 is 29.0 Å². The van der Waals surface area contributed by atoms with Crippen molar-refractivity contribution >= 4 is 10.0 Å². The van der Waals surface area contributed by atoms with Gasteiger partial charge in [-0.1, -0.05) is 0 Å². The Bertz CT molecular complexity index is 474. The summed E-state index contributed by atoms with van der Waals surface area (Å²) < 4.78 is 50.4. The van der Waals surface area contributed by atoms with E-state index in [1.807, 2.05) is 0 Å². The van der Waals surface area contributed by atoms with Crippen LogP contribution in [0.15, 0.2) is 17.6 Å². The lowest BCUT2D eigenvalue weighted by atomic mass is 10.2. The van der Waals surface area contributed by atoms with Crippen molar-refractivity contribution in [1.82, 2.24) is 13.9 Å². The molecule has 0 saturated carbocycles. The lowest BCUT2D eigenvalue weighted by Crippen LogP contribution is -2.58. The molecule has 0 aliphatic carbocycles. The number of rotatable bonds is 2. The van der Waals surface area contributed by atoms with Gasteiger partial charge in [0, 0.05) is 13.2 Å². The van der Waals surface area contributed by atoms with Gasteiger partial charge < -0.3 is 4.57 Å². The first kappa shape index (κ1) is 10.5. The lowest BCUT2D eigenvalue weighted by Gasteiger charge is -2.36. The average Bonchev–Trinajstić information content (AvgIpc) is 2.48. The summed E-state index contributed by atoms with van der Waals surface area (Å²) in [6.45, 7) is -1.52. The molecule has 8 heteroatoms. The zero-order chi connectivity index (χ0) is 11.3. The Hall–Kier alpha value is -1.02. The minimum absolute atomic E-state index is 0.194. The van der Waals surface area contributed by atoms with Crippen LogP contribution in [-0.4, -0.2) is 41.3 Å². The highest BCUT2D eigenvalue weighted by molar-refractivity contribution is 7.89. The number of aryl methyl sites for hydroxylation is 1. The van der Waals surface area contributed by atoms with Crippen LogP contribution in [0.3, 0.4) is 0 Å². The third-order valence-electron chi connectivity index (χ3n) is 2.10. The van der Waals surface area contributed by atoms with Crippen LogP contribution >= 0.6 is 0 Å². The smallest absolute Gasteiger partial charge is 0.275 e. The first-order valence-corrected chi connectivity index (χ1v) is 5.61. The second-order valence-electron chi connectivity index (χ2n) is 3.51. The van der Waals surface area contributed by atoms with E-state index in [0.717, 1.165) is 4.31 Å². The number of hydrogen-bond donors (Lipinski definition) is 0. The predicted molar refractivity (Wildman–Crippen MR) is 46.9 cm³/mol. The molecular formula is C7H9F2N3O2S. The van der Waals surface area contributed by atoms with Crippen LogP contribution in [0.2, 0.25) is 0 Å². The minimum Gasteiger partial charge on any atom is -0.339 e. The van der Waals surface area contributed by atoms with Crippen molar-refractivity contribution in [3.05, 3.63) is 12.5 Å². The van der Waals surface area contributed by atoms with Crippen LogP contribution in [0.4, 0.5) is 8.78 Å². The number of imidazole rings is 1. The summed E-state index contributed by atoms with van der Waals surface area (Å²) in [6.07, 6.45) is 2.59. The summed E-state index contributed by atoms with van der Waals surface area (Å²) in [5.41, 5.74) is 0. The molecule has 0 bridgehead atoms. The molecule has 1 aliphatic heterocycles. The summed E-state index contributed by atoms with van der Waals surface area (Å²) in [5, 5.41) is -0.194. The predicted octanol–water partition coefficient (Wildman–Crippen LogP) is 0.0597. The van der Waals surface area contributed by atoms with Crippen molar-refractivity contribution < 1.29 is 17.2 Å². The number of aromatic nitrogens is 2. The molecule has 0 aromatic carbocycles. The van der Waals surface area contributed by atoms with Crippen molar-refractivity contribution in [2.45, 2.75) is 10.9 Å². The fraction of sp³-hybridized carbons (Fsp3) is 0.571. The summed E-state index contributed by atoms with van der Waals surface area (Å²) in [7, 11) is -2.22. The monoisotopic (exact) mass is 237 g/mol. The van der Waals surface area contributed by atoms with E-state index in [4.69, 9.17) is 0 Å². The number of nitrogens with zero attached hydrogens (tertiary/aromatic N) is 3. The highest BCUT2D eigenvalue weighted by Crippen LogP contribution is 2.31. The van der Waals surface area contributed by atoms with Crippen LogP contribution < -0.4 is 0 Å². The largest absolute Gasteiger partial charge is 0.339 e. The first-order valence-electron chi connectivity index (χ1n) is 4.17. The second-order valence-corrected chi connectivity index (χ2v) is 5.39. The number of hydrogen-bond acceptors (Lipinski definition) is 3. The van der Waals surface area contributed by atoms with Gasteiger partial charge in [-0.05, 0) is 0 Å². The maximum atomic E-state index is 12.5. The molecule has 0 unspecified atom stereocenters. The molecule has 1 aliphatic rings. The van der Waals surface area contributed by atoms with Crippen molar-refractivity contribution in [2.75, 3.05) is 13.1 Å². The van der Waals surface area contributed by atoms with E-state index >= 15 is 0 Å². The van der Waals surface area contributed by atoms with Crippen molar-refractivity contribution in [2.24, 2.45) is 7.05 Å². The number of sulfonamides is 1. The topological polar surface area (TPSA) is 55.2 Å². The van der Waals surface area contributed by atoms with Gasteiger partial charge >= 0.3 is 0 Å². The molecule has 0 amide bonds. The third-order valence-corrected chi connectivity index (χ3v) is 3.78. The van der Waals surface area contributed by atoms with Gasteiger partial charge in [-0.15, -0.1) is 0 Å². The fourth-order valence-corrected chi connectivity index (χ4v) is 2.76. The van der Waals surface area contributed by atoms with Gasteiger partial charge in [0.15, 0.2) is 5.03 Å². The average molecular weight is 237 g/mol. The van der Waals surface area contributed by atoms with E-state index in [2.05, 4.69) is 4.98 Å². The van der Waals surface area contributed by atoms with Crippen molar-refractivity contribution in [3.63, 3.8) is 0 Å². The quantitative estimate of drug-likeness (QED) is 0.731. The Balaban J connectivity index is 2.23. The maximum Gasteiger partial charge on any atom is 0.275 e. The third kappa shape index (κ3) is 1.74. The van der Waals surface area contributed by atoms with Crippen LogP contribution in [0.25, 0.3) is 0 Å². The van der Waals surface area contributed by atoms with Crippen LogP contribution in [0.5, 0.6) is 0 Å². The molecule has 1 fully saturated rings. The molecule has 0 spiro atoms. The summed E-state index contributed by atoms with van der Waals surface area (Å²) in [5.74, 6) is -2.90. The van der Waals surface area contributed by atoms with E-state index in [1.165, 1.54) is 17.1 Å². The lowest BCUT2D eigenvalue weighted by molar-refractivity contribution is -0.0945. The molecule has 84 valence electrons. The summed E-state index contributed by atoms with van der Waals surface area (Å²) >= 11 is 0. The van der Waals surface area contributed by atoms with E-state index in [-0.39, 0.29) is 5.03 Å². The van der Waals surface area contributed by atoms with Gasteiger partial charge in [0.1, 0.15) is 0 Å². The first-order chi connectivity index (χ1) is 6.81. The maximum absolute atomic E-state index is 12.5. The van der Waals surface area contributed by atoms with Gasteiger partial charge in [-0.2, -0.15) is 4.31 Å². The van der Waals surface area contributed by atoms with Crippen LogP contribution in [0.1, 0.15) is 0 Å². The normalized spacial score (nSPS) is 21.3. The molecule has 0 atom stereocenters. The van der Waals surface area contributed by atoms with Gasteiger partial charge in [-0.3, -0.25) is 0 Å². The molecule has 0 N–H and O–H groups in total. The standard InChI is InChI=1S/C7H9F2N3O2S/c1-11-2-6(10-5-11)15(13,14)12-3-7(8,9)4-12/h2,5H,3-4H2,1H3. The molecule has 2 rings (SSSR count). The highest BCUT2D eigenvalue weighted by Gasteiger charge is 2.50. The minimum atomic E-state index is -3.83. The summed E-state index contributed by atoms with van der Waals surface area (Å²) in [6, 6.07) is 0. The fourth-order valence-electron chi connectivity index (χ4n) is 1.29. The van der Waals surface area contributed by atoms with Crippen molar-refractivity contribution in [3.8, 4) is 0 Å².